The van der Waals surface area contributed by atoms with Crippen molar-refractivity contribution in [2.45, 2.75) is 200 Å². The molecule has 0 amide bonds. The topological polar surface area (TPSA) is 21.7 Å². The molecule has 1 unspecified atom stereocenters. The van der Waals surface area contributed by atoms with Crippen LogP contribution in [-0.2, 0) is 9.47 Å². The molecule has 1 aliphatic heterocycles. The zero-order chi connectivity index (χ0) is 34.3. The van der Waals surface area contributed by atoms with Gasteiger partial charge in [-0.2, -0.15) is 0 Å². The van der Waals surface area contributed by atoms with Crippen LogP contribution in [0, 0.1) is 0 Å². The molecule has 1 heterocycles. The first-order valence-corrected chi connectivity index (χ1v) is 21.4. The highest BCUT2D eigenvalue weighted by atomic mass is 16.5. The van der Waals surface area contributed by atoms with E-state index in [-0.39, 0.29) is 6.10 Å². The maximum Gasteiger partial charge on any atom is 0.0820 e. The SMILES string of the molecule is CCCCCC=CCC=CCCCCCCCCOCC(CCN1CCCCC1)OCCCCCCCCC=CCC=CCCCCC. The van der Waals surface area contributed by atoms with Gasteiger partial charge in [0.25, 0.3) is 0 Å². The highest BCUT2D eigenvalue weighted by Crippen LogP contribution is 2.14. The molecule has 0 saturated carbocycles. The Hall–Kier alpha value is -1.16. The van der Waals surface area contributed by atoms with E-state index in [0.717, 1.165) is 39.1 Å². The van der Waals surface area contributed by atoms with Gasteiger partial charge in [0.15, 0.2) is 0 Å². The second-order valence-corrected chi connectivity index (χ2v) is 14.4. The summed E-state index contributed by atoms with van der Waals surface area (Å²) in [6.45, 7) is 10.8. The molecular weight excluding hydrogens is 587 g/mol. The third-order valence-corrected chi connectivity index (χ3v) is 9.71. The van der Waals surface area contributed by atoms with Gasteiger partial charge < -0.3 is 14.4 Å². The minimum atomic E-state index is 0.259. The molecule has 0 aromatic carbocycles. The van der Waals surface area contributed by atoms with Gasteiger partial charge in [-0.05, 0) is 109 Å². The molecule has 0 spiro atoms. The Morgan fingerprint density at radius 3 is 1.42 bits per heavy atom. The molecule has 1 saturated heterocycles. The normalized spacial score (nSPS) is 15.3. The van der Waals surface area contributed by atoms with Crippen molar-refractivity contribution >= 4 is 0 Å². The molecule has 0 N–H and O–H groups in total. The predicted octanol–water partition coefficient (Wildman–Crippen LogP) is 13.9. The van der Waals surface area contributed by atoms with Gasteiger partial charge in [0.05, 0.1) is 12.7 Å². The molecule has 0 bridgehead atoms. The van der Waals surface area contributed by atoms with E-state index in [0.29, 0.717) is 0 Å². The first-order chi connectivity index (χ1) is 23.9. The van der Waals surface area contributed by atoms with Crippen LogP contribution in [0.5, 0.6) is 0 Å². The monoisotopic (exact) mass is 670 g/mol. The largest absolute Gasteiger partial charge is 0.379 e. The quantitative estimate of drug-likeness (QED) is 0.0489. The average molecular weight is 670 g/mol. The third-order valence-electron chi connectivity index (χ3n) is 9.71. The number of hydrogen-bond acceptors (Lipinski definition) is 3. The van der Waals surface area contributed by atoms with Gasteiger partial charge in [0.2, 0.25) is 0 Å². The lowest BCUT2D eigenvalue weighted by Gasteiger charge is -2.28. The lowest BCUT2D eigenvalue weighted by molar-refractivity contribution is -0.0268. The highest BCUT2D eigenvalue weighted by molar-refractivity contribution is 4.93. The van der Waals surface area contributed by atoms with Crippen LogP contribution in [0.2, 0.25) is 0 Å². The number of unbranched alkanes of at least 4 members (excludes halogenated alkanes) is 18. The number of likely N-dealkylation sites (tertiary alicyclic amines) is 1. The molecule has 0 aliphatic carbocycles. The molecule has 1 aliphatic rings. The molecule has 1 rings (SSSR count). The average Bonchev–Trinajstić information content (AvgIpc) is 3.11. The van der Waals surface area contributed by atoms with Gasteiger partial charge in [-0.25, -0.2) is 0 Å². The summed E-state index contributed by atoms with van der Waals surface area (Å²) in [5.74, 6) is 0. The number of piperidine rings is 1. The van der Waals surface area contributed by atoms with Crippen LogP contribution in [0.1, 0.15) is 194 Å². The Bertz CT molecular complexity index is 735. The fourth-order valence-electron chi connectivity index (χ4n) is 6.47. The summed E-state index contributed by atoms with van der Waals surface area (Å²) >= 11 is 0. The number of rotatable bonds is 36. The summed E-state index contributed by atoms with van der Waals surface area (Å²) in [5.41, 5.74) is 0. The van der Waals surface area contributed by atoms with Crippen LogP contribution in [0.3, 0.4) is 0 Å². The molecule has 0 aromatic heterocycles. The van der Waals surface area contributed by atoms with Crippen LogP contribution >= 0.6 is 0 Å². The fourth-order valence-corrected chi connectivity index (χ4v) is 6.47. The van der Waals surface area contributed by atoms with Crippen molar-refractivity contribution in [2.75, 3.05) is 39.5 Å². The molecule has 3 nitrogen and oxygen atoms in total. The van der Waals surface area contributed by atoms with Crippen LogP contribution in [0.25, 0.3) is 0 Å². The van der Waals surface area contributed by atoms with Crippen molar-refractivity contribution in [3.05, 3.63) is 48.6 Å². The summed E-state index contributed by atoms with van der Waals surface area (Å²) in [6.07, 6.45) is 55.3. The van der Waals surface area contributed by atoms with E-state index in [9.17, 15) is 0 Å². The Morgan fingerprint density at radius 1 is 0.479 bits per heavy atom. The van der Waals surface area contributed by atoms with Gasteiger partial charge >= 0.3 is 0 Å². The van der Waals surface area contributed by atoms with E-state index in [2.05, 4.69) is 67.4 Å². The van der Waals surface area contributed by atoms with Gasteiger partial charge in [-0.3, -0.25) is 0 Å². The lowest BCUT2D eigenvalue weighted by atomic mass is 10.1. The van der Waals surface area contributed by atoms with Crippen LogP contribution in [0.15, 0.2) is 48.6 Å². The molecular formula is C45H83NO2. The van der Waals surface area contributed by atoms with E-state index in [1.807, 2.05) is 0 Å². The molecule has 0 radical (unpaired) electrons. The maximum absolute atomic E-state index is 6.41. The van der Waals surface area contributed by atoms with Crippen LogP contribution in [0.4, 0.5) is 0 Å². The summed E-state index contributed by atoms with van der Waals surface area (Å²) in [7, 11) is 0. The number of hydrogen-bond donors (Lipinski definition) is 0. The Morgan fingerprint density at radius 2 is 0.917 bits per heavy atom. The van der Waals surface area contributed by atoms with Crippen molar-refractivity contribution in [2.24, 2.45) is 0 Å². The second kappa shape index (κ2) is 38.6. The zero-order valence-corrected chi connectivity index (χ0v) is 32.5. The van der Waals surface area contributed by atoms with E-state index >= 15 is 0 Å². The number of allylic oxidation sites excluding steroid dienone is 8. The predicted molar refractivity (Wildman–Crippen MR) is 214 cm³/mol. The summed E-state index contributed by atoms with van der Waals surface area (Å²) in [5, 5.41) is 0. The highest BCUT2D eigenvalue weighted by Gasteiger charge is 2.15. The van der Waals surface area contributed by atoms with E-state index in [1.54, 1.807) is 0 Å². The van der Waals surface area contributed by atoms with Crippen molar-refractivity contribution in [3.63, 3.8) is 0 Å². The van der Waals surface area contributed by atoms with Gasteiger partial charge in [0, 0.05) is 19.8 Å². The summed E-state index contributed by atoms with van der Waals surface area (Å²) in [4.78, 5) is 2.64. The maximum atomic E-state index is 6.41. The number of ether oxygens (including phenoxy) is 2. The minimum absolute atomic E-state index is 0.259. The number of nitrogens with zero attached hydrogens (tertiary/aromatic N) is 1. The Labute approximate surface area is 301 Å². The first kappa shape index (κ1) is 44.9. The van der Waals surface area contributed by atoms with Crippen molar-refractivity contribution in [3.8, 4) is 0 Å². The molecule has 280 valence electrons. The van der Waals surface area contributed by atoms with Gasteiger partial charge in [0.1, 0.15) is 0 Å². The lowest BCUT2D eigenvalue weighted by Crippen LogP contribution is -2.34. The zero-order valence-electron chi connectivity index (χ0n) is 32.5. The second-order valence-electron chi connectivity index (χ2n) is 14.4. The van der Waals surface area contributed by atoms with Crippen molar-refractivity contribution in [1.82, 2.24) is 4.90 Å². The first-order valence-electron chi connectivity index (χ1n) is 21.4. The van der Waals surface area contributed by atoms with E-state index < -0.39 is 0 Å². The van der Waals surface area contributed by atoms with Gasteiger partial charge in [-0.1, -0.05) is 146 Å². The molecule has 3 heteroatoms. The van der Waals surface area contributed by atoms with Crippen molar-refractivity contribution < 1.29 is 9.47 Å². The minimum Gasteiger partial charge on any atom is -0.379 e. The molecule has 48 heavy (non-hydrogen) atoms. The Balaban J connectivity index is 2.03. The third kappa shape index (κ3) is 33.3. The Kier molecular flexibility index (Phi) is 36.1. The van der Waals surface area contributed by atoms with E-state index in [1.165, 1.54) is 180 Å². The summed E-state index contributed by atoms with van der Waals surface area (Å²) in [6, 6.07) is 0. The van der Waals surface area contributed by atoms with Crippen LogP contribution < -0.4 is 0 Å². The standard InChI is InChI=1S/C45H83NO2/c1-3-5-7-9-11-13-15-17-19-21-23-25-27-29-31-36-42-47-44-45(38-41-46-39-34-33-35-40-46)48-43-37-32-30-28-26-24-22-20-18-16-14-12-10-8-6-4-2/h11-14,17-20,45H,3-10,15-16,21-44H2,1-2H3. The van der Waals surface area contributed by atoms with Gasteiger partial charge in [-0.15, -0.1) is 0 Å². The van der Waals surface area contributed by atoms with E-state index in [4.69, 9.17) is 9.47 Å². The molecule has 0 aromatic rings. The van der Waals surface area contributed by atoms with Crippen LogP contribution in [-0.4, -0.2) is 50.5 Å². The molecule has 1 atom stereocenters. The molecule has 1 fully saturated rings. The fraction of sp³-hybridized carbons (Fsp3) is 0.822. The van der Waals surface area contributed by atoms with Crippen molar-refractivity contribution in [1.29, 1.82) is 0 Å². The summed E-state index contributed by atoms with van der Waals surface area (Å²) < 4.78 is 12.6. The smallest absolute Gasteiger partial charge is 0.0820 e.